The Hall–Kier alpha value is -3.91. The van der Waals surface area contributed by atoms with E-state index in [0.29, 0.717) is 17.9 Å². The first-order chi connectivity index (χ1) is 16.9. The number of hydrogen-bond donors (Lipinski definition) is 1. The average Bonchev–Trinajstić information content (AvgIpc) is 3.45. The molecule has 1 N–H and O–H groups in total. The molecule has 1 unspecified atom stereocenters. The number of benzene rings is 3. The van der Waals surface area contributed by atoms with Gasteiger partial charge in [-0.05, 0) is 61.4 Å². The molecule has 0 saturated carbocycles. The van der Waals surface area contributed by atoms with Crippen LogP contribution in [0.4, 0.5) is 5.69 Å². The summed E-state index contributed by atoms with van der Waals surface area (Å²) in [5.41, 5.74) is 3.55. The molecule has 1 aliphatic heterocycles. The molecule has 1 aromatic heterocycles. The van der Waals surface area contributed by atoms with Crippen LogP contribution in [-0.4, -0.2) is 35.6 Å². The monoisotopic (exact) mass is 487 g/mol. The largest absolute Gasteiger partial charge is 0.457 e. The lowest BCUT2D eigenvalue weighted by atomic mass is 10.1. The second-order valence-electron chi connectivity index (χ2n) is 8.68. The minimum absolute atomic E-state index is 0.0253. The summed E-state index contributed by atoms with van der Waals surface area (Å²) in [5.74, 6) is 1.17. The number of carbonyl (C=O) groups is 1. The van der Waals surface area contributed by atoms with Crippen molar-refractivity contribution in [2.45, 2.75) is 19.4 Å². The van der Waals surface area contributed by atoms with Crippen molar-refractivity contribution in [3.8, 4) is 22.8 Å². The summed E-state index contributed by atoms with van der Waals surface area (Å²) < 4.78 is 31.7. The lowest BCUT2D eigenvalue weighted by molar-refractivity contribution is 0.102. The minimum Gasteiger partial charge on any atom is -0.457 e. The molecule has 4 aromatic rings. The van der Waals surface area contributed by atoms with Gasteiger partial charge in [-0.1, -0.05) is 48.0 Å². The molecule has 1 atom stereocenters. The van der Waals surface area contributed by atoms with Crippen molar-refractivity contribution in [1.82, 2.24) is 9.78 Å². The fourth-order valence-corrected chi connectivity index (χ4v) is 5.81. The van der Waals surface area contributed by atoms with E-state index in [1.807, 2.05) is 61.5 Å². The van der Waals surface area contributed by atoms with Crippen molar-refractivity contribution in [3.05, 3.63) is 96.2 Å². The van der Waals surface area contributed by atoms with Crippen molar-refractivity contribution in [2.75, 3.05) is 16.8 Å². The van der Waals surface area contributed by atoms with E-state index in [-0.39, 0.29) is 29.1 Å². The highest BCUT2D eigenvalue weighted by Crippen LogP contribution is 2.31. The molecule has 1 aliphatic rings. The molecule has 1 amide bonds. The number of aryl methyl sites for hydroxylation is 1. The number of nitrogens with one attached hydrogen (secondary N) is 1. The Bertz CT molecular complexity index is 1440. The number of anilines is 1. The molecule has 178 valence electrons. The van der Waals surface area contributed by atoms with Gasteiger partial charge in [-0.15, -0.1) is 0 Å². The summed E-state index contributed by atoms with van der Waals surface area (Å²) in [6.45, 7) is 2.00. The summed E-state index contributed by atoms with van der Waals surface area (Å²) in [5, 5.41) is 7.41. The molecule has 7 nitrogen and oxygen atoms in total. The van der Waals surface area contributed by atoms with Gasteiger partial charge >= 0.3 is 0 Å². The highest BCUT2D eigenvalue weighted by atomic mass is 32.2. The second kappa shape index (κ2) is 9.38. The first-order valence-electron chi connectivity index (χ1n) is 11.4. The Morgan fingerprint density at radius 1 is 0.971 bits per heavy atom. The molecule has 0 radical (unpaired) electrons. The van der Waals surface area contributed by atoms with Crippen molar-refractivity contribution in [1.29, 1.82) is 0 Å². The van der Waals surface area contributed by atoms with Gasteiger partial charge < -0.3 is 10.1 Å². The number of carbonyl (C=O) groups excluding carboxylic acids is 1. The van der Waals surface area contributed by atoms with E-state index in [1.54, 1.807) is 35.0 Å². The van der Waals surface area contributed by atoms with Crippen LogP contribution in [0.1, 0.15) is 28.5 Å². The molecule has 1 saturated heterocycles. The van der Waals surface area contributed by atoms with Crippen LogP contribution in [0, 0.1) is 6.92 Å². The Labute approximate surface area is 204 Å². The standard InChI is InChI=1S/C27H25N3O4S/c1-19-7-9-20(10-8-19)26-17-25(29-30(26)22-15-16-35(32,33)18-22)27(31)28-21-11-13-24(14-12-21)34-23-5-3-2-4-6-23/h2-14,17,22H,15-16,18H2,1H3,(H,28,31). The van der Waals surface area contributed by atoms with Crippen LogP contribution < -0.4 is 10.1 Å². The lowest BCUT2D eigenvalue weighted by Crippen LogP contribution is -2.16. The predicted molar refractivity (Wildman–Crippen MR) is 136 cm³/mol. The van der Waals surface area contributed by atoms with E-state index < -0.39 is 9.84 Å². The number of ether oxygens (including phenoxy) is 1. The summed E-state index contributed by atoms with van der Waals surface area (Å²) in [6.07, 6.45) is 0.479. The molecular weight excluding hydrogens is 462 g/mol. The summed E-state index contributed by atoms with van der Waals surface area (Å²) in [7, 11) is -3.11. The van der Waals surface area contributed by atoms with Crippen LogP contribution in [0.2, 0.25) is 0 Å². The summed E-state index contributed by atoms with van der Waals surface area (Å²) >= 11 is 0. The van der Waals surface area contributed by atoms with Crippen LogP contribution in [-0.2, 0) is 9.84 Å². The Balaban J connectivity index is 1.37. The number of rotatable bonds is 6. The number of sulfone groups is 1. The molecule has 3 aromatic carbocycles. The predicted octanol–water partition coefficient (Wildman–Crippen LogP) is 5.26. The van der Waals surface area contributed by atoms with Gasteiger partial charge in [0.05, 0.1) is 23.2 Å². The average molecular weight is 488 g/mol. The third kappa shape index (κ3) is 5.27. The number of para-hydroxylation sites is 1. The first-order valence-corrected chi connectivity index (χ1v) is 13.2. The molecule has 0 spiro atoms. The highest BCUT2D eigenvalue weighted by Gasteiger charge is 2.32. The highest BCUT2D eigenvalue weighted by molar-refractivity contribution is 7.91. The van der Waals surface area contributed by atoms with Gasteiger partial charge in [0.25, 0.3) is 5.91 Å². The van der Waals surface area contributed by atoms with Crippen LogP contribution >= 0.6 is 0 Å². The van der Waals surface area contributed by atoms with Gasteiger partial charge in [-0.25, -0.2) is 8.42 Å². The third-order valence-electron chi connectivity index (χ3n) is 5.96. The molecule has 35 heavy (non-hydrogen) atoms. The quantitative estimate of drug-likeness (QED) is 0.401. The molecular formula is C27H25N3O4S. The number of amides is 1. The maximum absolute atomic E-state index is 13.0. The zero-order valence-electron chi connectivity index (χ0n) is 19.2. The molecule has 0 bridgehead atoms. The van der Waals surface area contributed by atoms with Gasteiger partial charge in [0.2, 0.25) is 0 Å². The van der Waals surface area contributed by atoms with Crippen molar-refractivity contribution in [3.63, 3.8) is 0 Å². The minimum atomic E-state index is -3.11. The van der Waals surface area contributed by atoms with Gasteiger partial charge in [0.1, 0.15) is 11.5 Å². The zero-order valence-corrected chi connectivity index (χ0v) is 20.0. The Morgan fingerprint density at radius 3 is 2.31 bits per heavy atom. The van der Waals surface area contributed by atoms with Crippen LogP contribution in [0.15, 0.2) is 84.9 Å². The van der Waals surface area contributed by atoms with E-state index in [4.69, 9.17) is 4.74 Å². The summed E-state index contributed by atoms with van der Waals surface area (Å²) in [4.78, 5) is 13.0. The molecule has 1 fully saturated rings. The van der Waals surface area contributed by atoms with Gasteiger partial charge in [-0.3, -0.25) is 9.48 Å². The van der Waals surface area contributed by atoms with Gasteiger partial charge in [0, 0.05) is 5.69 Å². The summed E-state index contributed by atoms with van der Waals surface area (Å²) in [6, 6.07) is 25.8. The number of aromatic nitrogens is 2. The fraction of sp³-hybridized carbons (Fsp3) is 0.185. The van der Waals surface area contributed by atoms with Crippen LogP contribution in [0.5, 0.6) is 11.5 Å². The maximum atomic E-state index is 13.0. The van der Waals surface area contributed by atoms with Crippen LogP contribution in [0.3, 0.4) is 0 Å². The lowest BCUT2D eigenvalue weighted by Gasteiger charge is -2.13. The van der Waals surface area contributed by atoms with Gasteiger partial charge in [0.15, 0.2) is 15.5 Å². The number of hydrogen-bond acceptors (Lipinski definition) is 5. The van der Waals surface area contributed by atoms with Crippen LogP contribution in [0.25, 0.3) is 11.3 Å². The third-order valence-corrected chi connectivity index (χ3v) is 7.71. The van der Waals surface area contributed by atoms with E-state index in [2.05, 4.69) is 10.4 Å². The Morgan fingerprint density at radius 2 is 1.66 bits per heavy atom. The van der Waals surface area contributed by atoms with E-state index in [0.717, 1.165) is 22.6 Å². The molecule has 5 rings (SSSR count). The van der Waals surface area contributed by atoms with Gasteiger partial charge in [-0.2, -0.15) is 5.10 Å². The van der Waals surface area contributed by atoms with Crippen molar-refractivity contribution >= 4 is 21.4 Å². The van der Waals surface area contributed by atoms with Crippen molar-refractivity contribution < 1.29 is 17.9 Å². The van der Waals surface area contributed by atoms with E-state index in [1.165, 1.54) is 0 Å². The smallest absolute Gasteiger partial charge is 0.276 e. The Kier molecular flexibility index (Phi) is 6.13. The maximum Gasteiger partial charge on any atom is 0.276 e. The fourth-order valence-electron chi connectivity index (χ4n) is 4.12. The zero-order chi connectivity index (χ0) is 24.4. The normalized spacial score (nSPS) is 16.7. The second-order valence-corrected chi connectivity index (χ2v) is 10.9. The topological polar surface area (TPSA) is 90.3 Å². The SMILES string of the molecule is Cc1ccc(-c2cc(C(=O)Nc3ccc(Oc4ccccc4)cc3)nn2C2CCS(=O)(=O)C2)cc1. The molecule has 8 heteroatoms. The van der Waals surface area contributed by atoms with E-state index >= 15 is 0 Å². The van der Waals surface area contributed by atoms with Crippen molar-refractivity contribution in [2.24, 2.45) is 0 Å². The molecule has 2 heterocycles. The number of nitrogens with zero attached hydrogens (tertiary/aromatic N) is 2. The molecule has 0 aliphatic carbocycles. The first kappa shape index (κ1) is 22.9. The van der Waals surface area contributed by atoms with E-state index in [9.17, 15) is 13.2 Å².